The molecule has 0 aromatic heterocycles. The summed E-state index contributed by atoms with van der Waals surface area (Å²) in [6, 6.07) is 13.6. The van der Waals surface area contributed by atoms with E-state index in [9.17, 15) is 9.59 Å². The molecule has 2 amide bonds. The second-order valence-electron chi connectivity index (χ2n) is 7.01. The molecule has 3 rings (SSSR count). The monoisotopic (exact) mass is 405 g/mol. The fourth-order valence-electron chi connectivity index (χ4n) is 3.59. The molecule has 0 spiro atoms. The van der Waals surface area contributed by atoms with Gasteiger partial charge in [-0.05, 0) is 50.1 Å². The fourth-order valence-corrected chi connectivity index (χ4v) is 3.59. The zero-order valence-corrected chi connectivity index (χ0v) is 17.4. The lowest BCUT2D eigenvalue weighted by Crippen LogP contribution is -2.48. The largest absolute Gasteiger partial charge is 0.479 e. The van der Waals surface area contributed by atoms with E-state index >= 15 is 0 Å². The van der Waals surface area contributed by atoms with E-state index < -0.39 is 12.0 Å². The number of carbonyl (C=O) groups excluding carboxylic acids is 2. The highest BCUT2D eigenvalue weighted by Crippen LogP contribution is 2.35. The van der Waals surface area contributed by atoms with E-state index in [-0.39, 0.29) is 12.6 Å². The van der Waals surface area contributed by atoms with Crippen LogP contribution < -0.4 is 15.0 Å². The SMILES string of the molecule is COC(=O)C1=C(C)N(c2ccc(C)cc2C)C(=O)N[C@@H]1c1ccc(OCC#N)cc1. The summed E-state index contributed by atoms with van der Waals surface area (Å²) in [5.74, 6) is 0.0109. The van der Waals surface area contributed by atoms with Crippen molar-refractivity contribution in [3.05, 3.63) is 70.4 Å². The number of nitriles is 1. The Hall–Kier alpha value is -3.79. The molecule has 154 valence electrons. The number of hydrogen-bond donors (Lipinski definition) is 1. The molecule has 0 radical (unpaired) electrons. The molecule has 1 N–H and O–H groups in total. The van der Waals surface area contributed by atoms with Crippen molar-refractivity contribution in [3.63, 3.8) is 0 Å². The standard InChI is InChI=1S/C23H23N3O4/c1-14-5-10-19(15(2)13-14)26-16(3)20(22(27)29-4)21(25-23(26)28)17-6-8-18(9-7-17)30-12-11-24/h5-10,13,21H,12H2,1-4H3,(H,25,28)/t21-/m1/s1. The summed E-state index contributed by atoms with van der Waals surface area (Å²) in [6.45, 7) is 5.58. The number of allylic oxidation sites excluding steroid dienone is 1. The Bertz CT molecular complexity index is 1050. The molecule has 1 atom stereocenters. The van der Waals surface area contributed by atoms with Crippen LogP contribution in [0.5, 0.6) is 5.75 Å². The van der Waals surface area contributed by atoms with Crippen LogP contribution in [0.1, 0.15) is 29.7 Å². The van der Waals surface area contributed by atoms with E-state index in [4.69, 9.17) is 14.7 Å². The van der Waals surface area contributed by atoms with Crippen molar-refractivity contribution < 1.29 is 19.1 Å². The highest BCUT2D eigenvalue weighted by Gasteiger charge is 2.37. The lowest BCUT2D eigenvalue weighted by molar-refractivity contribution is -0.136. The molecular formula is C23H23N3O4. The van der Waals surface area contributed by atoms with Gasteiger partial charge in [0.25, 0.3) is 0 Å². The van der Waals surface area contributed by atoms with Crippen LogP contribution in [0.15, 0.2) is 53.7 Å². The lowest BCUT2D eigenvalue weighted by Gasteiger charge is -2.36. The molecule has 2 aromatic rings. The summed E-state index contributed by atoms with van der Waals surface area (Å²) < 4.78 is 10.3. The second kappa shape index (κ2) is 8.70. The van der Waals surface area contributed by atoms with Crippen molar-refractivity contribution in [2.45, 2.75) is 26.8 Å². The third kappa shape index (κ3) is 3.98. The summed E-state index contributed by atoms with van der Waals surface area (Å²) in [7, 11) is 1.32. The molecule has 0 unspecified atom stereocenters. The van der Waals surface area contributed by atoms with Gasteiger partial charge < -0.3 is 14.8 Å². The summed E-state index contributed by atoms with van der Waals surface area (Å²) in [5.41, 5.74) is 4.27. The molecule has 0 bridgehead atoms. The number of urea groups is 1. The zero-order chi connectivity index (χ0) is 21.8. The highest BCUT2D eigenvalue weighted by molar-refractivity contribution is 6.03. The van der Waals surface area contributed by atoms with Gasteiger partial charge in [-0.3, -0.25) is 4.90 Å². The maximum absolute atomic E-state index is 13.1. The third-order valence-electron chi connectivity index (χ3n) is 5.00. The van der Waals surface area contributed by atoms with Gasteiger partial charge in [0, 0.05) is 5.70 Å². The molecule has 2 aromatic carbocycles. The Morgan fingerprint density at radius 2 is 1.87 bits per heavy atom. The lowest BCUT2D eigenvalue weighted by atomic mass is 9.94. The summed E-state index contributed by atoms with van der Waals surface area (Å²) >= 11 is 0. The molecule has 1 aliphatic rings. The number of hydrogen-bond acceptors (Lipinski definition) is 5. The summed E-state index contributed by atoms with van der Waals surface area (Å²) in [6.07, 6.45) is 0. The normalized spacial score (nSPS) is 16.0. The van der Waals surface area contributed by atoms with Crippen LogP contribution >= 0.6 is 0 Å². The molecule has 0 fully saturated rings. The number of aryl methyl sites for hydroxylation is 2. The Labute approximate surface area is 175 Å². The van der Waals surface area contributed by atoms with Crippen molar-refractivity contribution in [1.82, 2.24) is 5.32 Å². The topological polar surface area (TPSA) is 91.7 Å². The van der Waals surface area contributed by atoms with Crippen molar-refractivity contribution in [2.24, 2.45) is 0 Å². The van der Waals surface area contributed by atoms with Gasteiger partial charge in [0.1, 0.15) is 11.8 Å². The first-order chi connectivity index (χ1) is 14.4. The maximum Gasteiger partial charge on any atom is 0.337 e. The fraction of sp³-hybridized carbons (Fsp3) is 0.261. The minimum Gasteiger partial charge on any atom is -0.479 e. The number of rotatable bonds is 5. The number of esters is 1. The van der Waals surface area contributed by atoms with Crippen LogP contribution in [0.4, 0.5) is 10.5 Å². The predicted octanol–water partition coefficient (Wildman–Crippen LogP) is 3.92. The van der Waals surface area contributed by atoms with Crippen LogP contribution in [0.2, 0.25) is 0 Å². The Balaban J connectivity index is 2.06. The molecule has 0 saturated carbocycles. The quantitative estimate of drug-likeness (QED) is 0.761. The molecular weight excluding hydrogens is 382 g/mol. The summed E-state index contributed by atoms with van der Waals surface area (Å²) in [5, 5.41) is 11.6. The summed E-state index contributed by atoms with van der Waals surface area (Å²) in [4.78, 5) is 27.2. The van der Waals surface area contributed by atoms with Crippen molar-refractivity contribution >= 4 is 17.7 Å². The first kappa shape index (κ1) is 20.9. The molecule has 1 heterocycles. The molecule has 7 heteroatoms. The number of amides is 2. The van der Waals surface area contributed by atoms with E-state index in [2.05, 4.69) is 5.32 Å². The van der Waals surface area contributed by atoms with Crippen molar-refractivity contribution in [1.29, 1.82) is 5.26 Å². The molecule has 7 nitrogen and oxygen atoms in total. The van der Waals surface area contributed by atoms with Crippen molar-refractivity contribution in [2.75, 3.05) is 18.6 Å². The van der Waals surface area contributed by atoms with Crippen LogP contribution in [-0.4, -0.2) is 25.7 Å². The number of ether oxygens (including phenoxy) is 2. The smallest absolute Gasteiger partial charge is 0.337 e. The molecule has 1 aliphatic heterocycles. The van der Waals surface area contributed by atoms with Gasteiger partial charge in [-0.1, -0.05) is 29.8 Å². The van der Waals surface area contributed by atoms with Gasteiger partial charge in [-0.25, -0.2) is 9.59 Å². The van der Waals surface area contributed by atoms with Gasteiger partial charge in [-0.2, -0.15) is 5.26 Å². The number of anilines is 1. The van der Waals surface area contributed by atoms with Crippen LogP contribution in [0.3, 0.4) is 0 Å². The Kier molecular flexibility index (Phi) is 6.07. The van der Waals surface area contributed by atoms with E-state index in [1.54, 1.807) is 31.2 Å². The van der Waals surface area contributed by atoms with Gasteiger partial charge in [0.2, 0.25) is 0 Å². The second-order valence-corrected chi connectivity index (χ2v) is 7.01. The average molecular weight is 405 g/mol. The number of nitrogens with one attached hydrogen (secondary N) is 1. The van der Waals surface area contributed by atoms with E-state index in [1.165, 1.54) is 12.0 Å². The van der Waals surface area contributed by atoms with Gasteiger partial charge in [0.05, 0.1) is 24.4 Å². The third-order valence-corrected chi connectivity index (χ3v) is 5.00. The van der Waals surface area contributed by atoms with Gasteiger partial charge in [-0.15, -0.1) is 0 Å². The van der Waals surface area contributed by atoms with Gasteiger partial charge in [0.15, 0.2) is 6.61 Å². The average Bonchev–Trinajstić information content (AvgIpc) is 2.73. The molecule has 30 heavy (non-hydrogen) atoms. The zero-order valence-electron chi connectivity index (χ0n) is 17.4. The van der Waals surface area contributed by atoms with Crippen LogP contribution in [0, 0.1) is 25.2 Å². The van der Waals surface area contributed by atoms with Crippen LogP contribution in [-0.2, 0) is 9.53 Å². The Morgan fingerprint density at radius 3 is 2.47 bits per heavy atom. The minimum atomic E-state index is -0.669. The van der Waals surface area contributed by atoms with E-state index in [0.29, 0.717) is 28.3 Å². The van der Waals surface area contributed by atoms with Crippen LogP contribution in [0.25, 0.3) is 0 Å². The van der Waals surface area contributed by atoms with E-state index in [0.717, 1.165) is 11.1 Å². The highest BCUT2D eigenvalue weighted by atomic mass is 16.5. The predicted molar refractivity (Wildman–Crippen MR) is 112 cm³/mol. The molecule has 0 saturated heterocycles. The Morgan fingerprint density at radius 1 is 1.17 bits per heavy atom. The first-order valence-electron chi connectivity index (χ1n) is 9.44. The number of methoxy groups -OCH3 is 1. The van der Waals surface area contributed by atoms with Crippen molar-refractivity contribution in [3.8, 4) is 11.8 Å². The number of nitrogens with zero attached hydrogens (tertiary/aromatic N) is 2. The maximum atomic E-state index is 13.1. The molecule has 0 aliphatic carbocycles. The first-order valence-corrected chi connectivity index (χ1v) is 9.44. The minimum absolute atomic E-state index is 0.0587. The van der Waals surface area contributed by atoms with E-state index in [1.807, 2.05) is 38.1 Å². The van der Waals surface area contributed by atoms with Gasteiger partial charge >= 0.3 is 12.0 Å². The number of benzene rings is 2. The number of carbonyl (C=O) groups is 2.